The molecule has 3 rings (SSSR count). The van der Waals surface area contributed by atoms with Gasteiger partial charge in [-0.2, -0.15) is 0 Å². The fourth-order valence-electron chi connectivity index (χ4n) is 3.88. The van der Waals surface area contributed by atoms with Crippen LogP contribution in [-0.2, 0) is 11.2 Å². The molecule has 1 aromatic rings. The number of carbonyl (C=O) groups excluding carboxylic acids is 1. The van der Waals surface area contributed by atoms with E-state index in [-0.39, 0.29) is 0 Å². The summed E-state index contributed by atoms with van der Waals surface area (Å²) in [7, 11) is 0. The van der Waals surface area contributed by atoms with Crippen LogP contribution in [0, 0.1) is 0 Å². The van der Waals surface area contributed by atoms with Gasteiger partial charge < -0.3 is 19.5 Å². The van der Waals surface area contributed by atoms with Crippen LogP contribution in [0.4, 0.5) is 0 Å². The first-order valence-electron chi connectivity index (χ1n) is 10.8. The van der Waals surface area contributed by atoms with Gasteiger partial charge >= 0.3 is 0 Å². The van der Waals surface area contributed by atoms with E-state index in [1.54, 1.807) is 6.26 Å². The number of furan rings is 1. The van der Waals surface area contributed by atoms with E-state index in [0.29, 0.717) is 19.0 Å². The molecule has 1 amide bonds. The lowest BCUT2D eigenvalue weighted by atomic mass is 10.2. The summed E-state index contributed by atoms with van der Waals surface area (Å²) in [5.74, 6) is 2.23. The zero-order valence-electron chi connectivity index (χ0n) is 17.2. The molecule has 0 bridgehead atoms. The third-order valence-electron chi connectivity index (χ3n) is 5.52. The first-order valence-corrected chi connectivity index (χ1v) is 10.8. The lowest BCUT2D eigenvalue weighted by Crippen LogP contribution is -2.54. The van der Waals surface area contributed by atoms with Crippen LogP contribution in [-0.4, -0.2) is 85.5 Å². The van der Waals surface area contributed by atoms with Crippen LogP contribution in [0.1, 0.15) is 38.4 Å². The van der Waals surface area contributed by atoms with Gasteiger partial charge in [0.1, 0.15) is 5.76 Å². The Kier molecular flexibility index (Phi) is 8.21. The molecule has 7 nitrogen and oxygen atoms in total. The molecule has 28 heavy (non-hydrogen) atoms. The minimum absolute atomic E-state index is 0.300. The molecule has 1 N–H and O–H groups in total. The maximum absolute atomic E-state index is 12.6. The fraction of sp³-hybridized carbons (Fsp3) is 0.714. The minimum atomic E-state index is 0.300. The maximum Gasteiger partial charge on any atom is 0.236 e. The quantitative estimate of drug-likeness (QED) is 0.594. The second kappa shape index (κ2) is 11.1. The smallest absolute Gasteiger partial charge is 0.236 e. The summed E-state index contributed by atoms with van der Waals surface area (Å²) in [6, 6.07) is 3.90. The van der Waals surface area contributed by atoms with Gasteiger partial charge in [-0.05, 0) is 31.9 Å². The van der Waals surface area contributed by atoms with Gasteiger partial charge in [0.05, 0.1) is 12.8 Å². The van der Waals surface area contributed by atoms with Crippen molar-refractivity contribution < 1.29 is 9.21 Å². The third kappa shape index (κ3) is 6.26. The highest BCUT2D eigenvalue weighted by molar-refractivity contribution is 5.80. The summed E-state index contributed by atoms with van der Waals surface area (Å²) in [6.45, 7) is 9.70. The first-order chi connectivity index (χ1) is 13.8. The molecule has 2 aliphatic rings. The highest BCUT2D eigenvalue weighted by Gasteiger charge is 2.23. The molecule has 7 heteroatoms. The lowest BCUT2D eigenvalue weighted by molar-refractivity contribution is -0.132. The Labute approximate surface area is 168 Å². The van der Waals surface area contributed by atoms with Crippen LogP contribution in [0.15, 0.2) is 27.8 Å². The van der Waals surface area contributed by atoms with Crippen molar-refractivity contribution in [1.29, 1.82) is 0 Å². The van der Waals surface area contributed by atoms with Gasteiger partial charge in [-0.1, -0.05) is 12.8 Å². The number of hydrogen-bond acceptors (Lipinski definition) is 4. The third-order valence-corrected chi connectivity index (χ3v) is 5.52. The van der Waals surface area contributed by atoms with Crippen molar-refractivity contribution in [3.63, 3.8) is 0 Å². The van der Waals surface area contributed by atoms with Crippen LogP contribution in [0.5, 0.6) is 0 Å². The fourth-order valence-corrected chi connectivity index (χ4v) is 3.88. The zero-order valence-corrected chi connectivity index (χ0v) is 17.2. The summed E-state index contributed by atoms with van der Waals surface area (Å²) in [5.41, 5.74) is 0. The number of nitrogens with one attached hydrogen (secondary N) is 1. The number of likely N-dealkylation sites (tertiary alicyclic amines) is 1. The van der Waals surface area contributed by atoms with Gasteiger partial charge in [0.25, 0.3) is 0 Å². The van der Waals surface area contributed by atoms with Crippen molar-refractivity contribution in [2.24, 2.45) is 4.99 Å². The Morgan fingerprint density at radius 3 is 2.46 bits per heavy atom. The van der Waals surface area contributed by atoms with Gasteiger partial charge in [0.15, 0.2) is 5.96 Å². The van der Waals surface area contributed by atoms with Gasteiger partial charge in [0, 0.05) is 58.8 Å². The highest BCUT2D eigenvalue weighted by Crippen LogP contribution is 2.11. The number of amides is 1. The predicted molar refractivity (Wildman–Crippen MR) is 111 cm³/mol. The van der Waals surface area contributed by atoms with E-state index in [0.717, 1.165) is 76.8 Å². The van der Waals surface area contributed by atoms with E-state index in [2.05, 4.69) is 26.9 Å². The van der Waals surface area contributed by atoms with Gasteiger partial charge in [0.2, 0.25) is 5.91 Å². The topological polar surface area (TPSA) is 64.3 Å². The van der Waals surface area contributed by atoms with Crippen LogP contribution in [0.2, 0.25) is 0 Å². The van der Waals surface area contributed by atoms with E-state index in [1.807, 2.05) is 12.1 Å². The SMILES string of the molecule is CCNC(=NCCc1ccco1)N1CCN(CC(=O)N2CCCCCC2)CC1. The van der Waals surface area contributed by atoms with Crippen LogP contribution in [0.3, 0.4) is 0 Å². The normalized spacial score (nSPS) is 19.5. The Morgan fingerprint density at radius 1 is 1.07 bits per heavy atom. The van der Waals surface area contributed by atoms with E-state index in [4.69, 9.17) is 9.41 Å². The zero-order chi connectivity index (χ0) is 19.6. The number of hydrogen-bond donors (Lipinski definition) is 1. The van der Waals surface area contributed by atoms with Crippen molar-refractivity contribution in [3.8, 4) is 0 Å². The number of aliphatic imine (C=N–C) groups is 1. The van der Waals surface area contributed by atoms with Gasteiger partial charge in [-0.3, -0.25) is 14.7 Å². The van der Waals surface area contributed by atoms with E-state index in [9.17, 15) is 4.79 Å². The molecule has 0 atom stereocenters. The van der Waals surface area contributed by atoms with Crippen molar-refractivity contribution in [2.45, 2.75) is 39.0 Å². The van der Waals surface area contributed by atoms with Gasteiger partial charge in [-0.25, -0.2) is 0 Å². The van der Waals surface area contributed by atoms with E-state index >= 15 is 0 Å². The molecule has 0 aliphatic carbocycles. The molecule has 0 spiro atoms. The average Bonchev–Trinajstić information content (AvgIpc) is 3.07. The summed E-state index contributed by atoms with van der Waals surface area (Å²) in [4.78, 5) is 24.0. The lowest BCUT2D eigenvalue weighted by Gasteiger charge is -2.37. The Hall–Kier alpha value is -2.02. The maximum atomic E-state index is 12.6. The molecule has 3 heterocycles. The number of carbonyl (C=O) groups is 1. The first kappa shape index (κ1) is 20.7. The Morgan fingerprint density at radius 2 is 1.82 bits per heavy atom. The Balaban J connectivity index is 1.44. The monoisotopic (exact) mass is 389 g/mol. The Bertz CT molecular complexity index is 600. The van der Waals surface area contributed by atoms with Gasteiger partial charge in [-0.15, -0.1) is 0 Å². The number of nitrogens with zero attached hydrogens (tertiary/aromatic N) is 4. The largest absolute Gasteiger partial charge is 0.469 e. The molecular formula is C21H35N5O2. The molecule has 0 unspecified atom stereocenters. The molecule has 2 saturated heterocycles. The van der Waals surface area contributed by atoms with Crippen molar-refractivity contribution in [2.75, 3.05) is 58.9 Å². The van der Waals surface area contributed by atoms with E-state index < -0.39 is 0 Å². The summed E-state index contributed by atoms with van der Waals surface area (Å²) in [6.07, 6.45) is 7.34. The second-order valence-electron chi connectivity index (χ2n) is 7.62. The average molecular weight is 390 g/mol. The molecule has 0 aromatic carbocycles. The van der Waals surface area contributed by atoms with Crippen LogP contribution >= 0.6 is 0 Å². The predicted octanol–water partition coefficient (Wildman–Crippen LogP) is 1.81. The van der Waals surface area contributed by atoms with E-state index in [1.165, 1.54) is 12.8 Å². The molecular weight excluding hydrogens is 354 g/mol. The molecule has 2 aliphatic heterocycles. The molecule has 2 fully saturated rings. The van der Waals surface area contributed by atoms with Crippen LogP contribution in [0.25, 0.3) is 0 Å². The summed E-state index contributed by atoms with van der Waals surface area (Å²) in [5, 5.41) is 3.40. The second-order valence-corrected chi connectivity index (χ2v) is 7.62. The standard InChI is InChI=1S/C21H35N5O2/c1-2-22-21(23-10-9-19-8-7-17-28-19)26-15-13-24(14-16-26)18-20(27)25-11-5-3-4-6-12-25/h7-8,17H,2-6,9-16,18H2,1H3,(H,22,23). The minimum Gasteiger partial charge on any atom is -0.469 e. The highest BCUT2D eigenvalue weighted by atomic mass is 16.3. The summed E-state index contributed by atoms with van der Waals surface area (Å²) < 4.78 is 5.38. The van der Waals surface area contributed by atoms with Crippen molar-refractivity contribution >= 4 is 11.9 Å². The molecule has 0 radical (unpaired) electrons. The molecule has 1 aromatic heterocycles. The number of guanidine groups is 1. The summed E-state index contributed by atoms with van der Waals surface area (Å²) >= 11 is 0. The van der Waals surface area contributed by atoms with Crippen LogP contribution < -0.4 is 5.32 Å². The van der Waals surface area contributed by atoms with Crippen molar-refractivity contribution in [1.82, 2.24) is 20.0 Å². The number of piperazine rings is 1. The number of rotatable bonds is 6. The molecule has 0 saturated carbocycles. The van der Waals surface area contributed by atoms with Crippen molar-refractivity contribution in [3.05, 3.63) is 24.2 Å². The molecule has 156 valence electrons.